The van der Waals surface area contributed by atoms with E-state index >= 15 is 0 Å². The lowest BCUT2D eigenvalue weighted by Crippen LogP contribution is -2.41. The Hall–Kier alpha value is -0.940. The van der Waals surface area contributed by atoms with Crippen molar-refractivity contribution >= 4 is 17.3 Å². The van der Waals surface area contributed by atoms with Crippen molar-refractivity contribution < 1.29 is 9.90 Å². The van der Waals surface area contributed by atoms with Crippen LogP contribution < -0.4 is 0 Å². The summed E-state index contributed by atoms with van der Waals surface area (Å²) in [6.07, 6.45) is 5.69. The summed E-state index contributed by atoms with van der Waals surface area (Å²) in [4.78, 5) is 19.5. The summed E-state index contributed by atoms with van der Waals surface area (Å²) >= 11 is 1.71. The highest BCUT2D eigenvalue weighted by atomic mass is 32.1. The average Bonchev–Trinajstić information content (AvgIpc) is 2.91. The number of hydrogen-bond acceptors (Lipinski definition) is 4. The van der Waals surface area contributed by atoms with E-state index in [1.165, 1.54) is 24.1 Å². The van der Waals surface area contributed by atoms with Gasteiger partial charge in [0.25, 0.3) is 0 Å². The van der Waals surface area contributed by atoms with E-state index in [-0.39, 0.29) is 6.04 Å². The third-order valence-corrected chi connectivity index (χ3v) is 5.89. The van der Waals surface area contributed by atoms with Crippen molar-refractivity contribution in [2.45, 2.75) is 64.6 Å². The Bertz CT molecular complexity index is 514. The van der Waals surface area contributed by atoms with Gasteiger partial charge in [0.05, 0.1) is 10.7 Å². The molecule has 1 aromatic rings. The molecule has 2 fully saturated rings. The van der Waals surface area contributed by atoms with Crippen LogP contribution in [0.25, 0.3) is 0 Å². The van der Waals surface area contributed by atoms with E-state index in [0.717, 1.165) is 30.1 Å². The fraction of sp³-hybridized carbons (Fsp3) is 0.733. The van der Waals surface area contributed by atoms with Gasteiger partial charge in [-0.3, -0.25) is 9.69 Å². The molecular formula is C15H22N2O2S. The van der Waals surface area contributed by atoms with Crippen LogP contribution in [0.3, 0.4) is 0 Å². The number of likely N-dealkylation sites (tertiary alicyclic amines) is 1. The highest BCUT2D eigenvalue weighted by Crippen LogP contribution is 2.41. The molecular weight excluding hydrogens is 272 g/mol. The van der Waals surface area contributed by atoms with Crippen LogP contribution in [0.5, 0.6) is 0 Å². The minimum Gasteiger partial charge on any atom is -0.480 e. The highest BCUT2D eigenvalue weighted by Gasteiger charge is 2.45. The third kappa shape index (κ3) is 2.49. The molecule has 2 heterocycles. The van der Waals surface area contributed by atoms with Crippen molar-refractivity contribution in [3.8, 4) is 0 Å². The molecule has 1 N–H and O–H groups in total. The summed E-state index contributed by atoms with van der Waals surface area (Å²) in [6.45, 7) is 4.81. The van der Waals surface area contributed by atoms with Gasteiger partial charge in [0.2, 0.25) is 0 Å². The van der Waals surface area contributed by atoms with Gasteiger partial charge in [-0.25, -0.2) is 4.98 Å². The van der Waals surface area contributed by atoms with E-state index in [2.05, 4.69) is 9.88 Å². The van der Waals surface area contributed by atoms with Crippen molar-refractivity contribution in [1.29, 1.82) is 0 Å². The van der Waals surface area contributed by atoms with Crippen LogP contribution in [-0.4, -0.2) is 33.0 Å². The molecule has 2 aliphatic rings. The molecule has 1 aliphatic heterocycles. The molecule has 0 radical (unpaired) electrons. The molecule has 0 spiro atoms. The number of carboxylic acid groups (broad SMARTS) is 1. The molecule has 110 valence electrons. The van der Waals surface area contributed by atoms with Crippen molar-refractivity contribution in [2.24, 2.45) is 5.92 Å². The largest absolute Gasteiger partial charge is 0.480 e. The summed E-state index contributed by atoms with van der Waals surface area (Å²) in [6, 6.07) is 0.163. The SMILES string of the molecule is Cc1nc(C)c(CN2[C@@H]3CCCC[C@H]3C[C@H]2C(=O)O)s1. The molecule has 0 amide bonds. The second-order valence-electron chi connectivity index (χ2n) is 6.12. The lowest BCUT2D eigenvalue weighted by molar-refractivity contribution is -0.142. The number of aromatic nitrogens is 1. The van der Waals surface area contributed by atoms with Gasteiger partial charge in [-0.05, 0) is 39.0 Å². The van der Waals surface area contributed by atoms with Gasteiger partial charge in [0, 0.05) is 17.5 Å². The first-order valence-corrected chi connectivity index (χ1v) is 8.29. The zero-order valence-corrected chi connectivity index (χ0v) is 12.9. The maximum atomic E-state index is 11.6. The Morgan fingerprint density at radius 1 is 1.40 bits per heavy atom. The van der Waals surface area contributed by atoms with Gasteiger partial charge >= 0.3 is 5.97 Å². The zero-order chi connectivity index (χ0) is 14.3. The maximum Gasteiger partial charge on any atom is 0.320 e. The Labute approximate surface area is 123 Å². The molecule has 1 saturated carbocycles. The Morgan fingerprint density at radius 3 is 2.80 bits per heavy atom. The number of fused-ring (bicyclic) bond motifs is 1. The predicted octanol–water partition coefficient (Wildman–Crippen LogP) is 2.98. The smallest absolute Gasteiger partial charge is 0.320 e. The van der Waals surface area contributed by atoms with Crippen LogP contribution in [0.4, 0.5) is 0 Å². The first kappa shape index (κ1) is 14.0. The number of nitrogens with zero attached hydrogens (tertiary/aromatic N) is 2. The van der Waals surface area contributed by atoms with Crippen LogP contribution in [0.1, 0.15) is 47.7 Å². The minimum atomic E-state index is -0.654. The number of thiazole rings is 1. The van der Waals surface area contributed by atoms with E-state index in [1.807, 2.05) is 13.8 Å². The van der Waals surface area contributed by atoms with Crippen molar-refractivity contribution in [3.05, 3.63) is 15.6 Å². The quantitative estimate of drug-likeness (QED) is 0.931. The van der Waals surface area contributed by atoms with Crippen LogP contribution in [0.2, 0.25) is 0 Å². The molecule has 5 heteroatoms. The van der Waals surface area contributed by atoms with Crippen molar-refractivity contribution in [2.75, 3.05) is 0 Å². The number of rotatable bonds is 3. The van der Waals surface area contributed by atoms with E-state index in [1.54, 1.807) is 11.3 Å². The lowest BCUT2D eigenvalue weighted by atomic mass is 9.85. The first-order chi connectivity index (χ1) is 9.56. The van der Waals surface area contributed by atoms with E-state index in [9.17, 15) is 9.90 Å². The summed E-state index contributed by atoms with van der Waals surface area (Å²) in [5.74, 6) is -0.0718. The number of aliphatic carboxylic acids is 1. The van der Waals surface area contributed by atoms with Crippen LogP contribution >= 0.6 is 11.3 Å². The molecule has 1 aliphatic carbocycles. The topological polar surface area (TPSA) is 53.4 Å². The van der Waals surface area contributed by atoms with Crippen molar-refractivity contribution in [1.82, 2.24) is 9.88 Å². The van der Waals surface area contributed by atoms with E-state index in [4.69, 9.17) is 0 Å². The molecule has 1 aromatic heterocycles. The molecule has 1 saturated heterocycles. The van der Waals surface area contributed by atoms with Gasteiger partial charge < -0.3 is 5.11 Å². The fourth-order valence-corrected chi connectivity index (χ4v) is 4.86. The third-order valence-electron chi connectivity index (χ3n) is 4.83. The highest BCUT2D eigenvalue weighted by molar-refractivity contribution is 7.11. The van der Waals surface area contributed by atoms with Crippen molar-refractivity contribution in [3.63, 3.8) is 0 Å². The van der Waals surface area contributed by atoms with Gasteiger partial charge in [-0.15, -0.1) is 11.3 Å². The summed E-state index contributed by atoms with van der Waals surface area (Å²) in [5, 5.41) is 10.6. The molecule has 3 atom stereocenters. The van der Waals surface area contributed by atoms with Crippen LogP contribution in [-0.2, 0) is 11.3 Å². The van der Waals surface area contributed by atoms with E-state index in [0.29, 0.717) is 12.0 Å². The summed E-state index contributed by atoms with van der Waals surface area (Å²) in [5.41, 5.74) is 1.07. The zero-order valence-electron chi connectivity index (χ0n) is 12.1. The Kier molecular flexibility index (Phi) is 3.82. The maximum absolute atomic E-state index is 11.6. The second kappa shape index (κ2) is 5.45. The lowest BCUT2D eigenvalue weighted by Gasteiger charge is -2.32. The number of carboxylic acids is 1. The molecule has 0 unspecified atom stereocenters. The normalized spacial score (nSPS) is 30.4. The summed E-state index contributed by atoms with van der Waals surface area (Å²) in [7, 11) is 0. The Balaban J connectivity index is 1.84. The van der Waals surface area contributed by atoms with E-state index < -0.39 is 5.97 Å². The standard InChI is InChI=1S/C15H22N2O2S/c1-9-14(20-10(2)16-9)8-17-12-6-4-3-5-11(12)7-13(17)15(18)19/h11-13H,3-8H2,1-2H3,(H,18,19)/t11-,12+,13-/m0/s1. The Morgan fingerprint density at radius 2 is 2.15 bits per heavy atom. The second-order valence-corrected chi connectivity index (χ2v) is 7.40. The predicted molar refractivity (Wildman–Crippen MR) is 78.9 cm³/mol. The summed E-state index contributed by atoms with van der Waals surface area (Å²) < 4.78 is 0. The first-order valence-electron chi connectivity index (χ1n) is 7.47. The van der Waals surface area contributed by atoms with Gasteiger partial charge in [-0.1, -0.05) is 12.8 Å². The molecule has 0 aromatic carbocycles. The van der Waals surface area contributed by atoms with Gasteiger partial charge in [-0.2, -0.15) is 0 Å². The number of carbonyl (C=O) groups is 1. The molecule has 3 rings (SSSR count). The molecule has 20 heavy (non-hydrogen) atoms. The van der Waals surface area contributed by atoms with Crippen LogP contribution in [0, 0.1) is 19.8 Å². The minimum absolute atomic E-state index is 0.301. The van der Waals surface area contributed by atoms with Gasteiger partial charge in [0.15, 0.2) is 0 Å². The molecule has 0 bridgehead atoms. The monoisotopic (exact) mass is 294 g/mol. The molecule has 4 nitrogen and oxygen atoms in total. The van der Waals surface area contributed by atoms with Gasteiger partial charge in [0.1, 0.15) is 6.04 Å². The number of aryl methyl sites for hydroxylation is 2. The average molecular weight is 294 g/mol. The fourth-order valence-electron chi connectivity index (χ4n) is 3.91. The number of hydrogen-bond donors (Lipinski definition) is 1. The van der Waals surface area contributed by atoms with Crippen LogP contribution in [0.15, 0.2) is 0 Å².